The van der Waals surface area contributed by atoms with Crippen molar-refractivity contribution in [2.75, 3.05) is 9.80 Å². The van der Waals surface area contributed by atoms with Gasteiger partial charge in [0.1, 0.15) is 0 Å². The maximum atomic E-state index is 2.96. The number of para-hydroxylation sites is 3. The monoisotopic (exact) mass is 829 g/mol. The first kappa shape index (κ1) is 37.4. The molecule has 8 aromatic rings. The molecule has 4 heteroatoms. The van der Waals surface area contributed by atoms with Crippen molar-refractivity contribution in [3.8, 4) is 5.69 Å². The Balaban J connectivity index is 1.15. The average Bonchev–Trinajstić information content (AvgIpc) is 3.88. The number of rotatable bonds is 3. The summed E-state index contributed by atoms with van der Waals surface area (Å²) in [5.41, 5.74) is 20.7. The molecule has 1 aromatic heterocycles. The number of benzene rings is 7. The molecule has 314 valence electrons. The van der Waals surface area contributed by atoms with Crippen LogP contribution >= 0.6 is 0 Å². The molecular weight excluding hydrogens is 773 g/mol. The molecule has 7 aromatic carbocycles. The van der Waals surface area contributed by atoms with Gasteiger partial charge in [-0.05, 0) is 113 Å². The van der Waals surface area contributed by atoms with Crippen molar-refractivity contribution in [2.45, 2.75) is 113 Å². The molecular formula is C60H56BN3. The van der Waals surface area contributed by atoms with Crippen LogP contribution in [0.4, 0.5) is 22.7 Å². The molecule has 0 radical (unpaired) electrons. The van der Waals surface area contributed by atoms with Crippen molar-refractivity contribution in [3.63, 3.8) is 0 Å². The smallest absolute Gasteiger partial charge is 0.252 e. The van der Waals surface area contributed by atoms with Crippen molar-refractivity contribution in [2.24, 2.45) is 0 Å². The van der Waals surface area contributed by atoms with Gasteiger partial charge in [0, 0.05) is 55.6 Å². The Morgan fingerprint density at radius 1 is 0.500 bits per heavy atom. The standard InChI is InChI=1S/C60H56BN3/c1-56(2,3)41-35-46-55-48(36-41)61-47-28-20-26-44-43-25-12-14-29-49(43)62(54(44)47)51-37-42(38-52(53(51)61)64(55)58(5)32-17-19-34-60(46,58)40-23-10-7-11-24-40)63-50-30-15-13-27-45(50)59(39-21-8-6-9-22-39)33-18-16-31-57(59,63)4/h6-15,20-30,35-38H,16-19,31-34H2,1-5H3. The van der Waals surface area contributed by atoms with Crippen LogP contribution in [0.1, 0.15) is 114 Å². The lowest BCUT2D eigenvalue weighted by atomic mass is 9.33. The quantitative estimate of drug-likeness (QED) is 0.164. The van der Waals surface area contributed by atoms with Crippen LogP contribution in [0.3, 0.4) is 0 Å². The van der Waals surface area contributed by atoms with Crippen LogP contribution in [-0.2, 0) is 16.2 Å². The lowest BCUT2D eigenvalue weighted by Gasteiger charge is -2.54. The van der Waals surface area contributed by atoms with Crippen LogP contribution in [-0.4, -0.2) is 22.4 Å². The van der Waals surface area contributed by atoms with Gasteiger partial charge in [-0.1, -0.05) is 174 Å². The molecule has 3 nitrogen and oxygen atoms in total. The third kappa shape index (κ3) is 4.24. The summed E-state index contributed by atoms with van der Waals surface area (Å²) in [6.07, 6.45) is 9.48. The van der Waals surface area contributed by atoms with E-state index in [1.165, 1.54) is 115 Å². The molecule has 0 N–H and O–H groups in total. The number of nitrogens with zero attached hydrogens (tertiary/aromatic N) is 3. The second-order valence-electron chi connectivity index (χ2n) is 21.8. The summed E-state index contributed by atoms with van der Waals surface area (Å²) < 4.78 is 2.69. The molecule has 5 heterocycles. The fourth-order valence-corrected chi connectivity index (χ4v) is 15.5. The van der Waals surface area contributed by atoms with Crippen LogP contribution in [0.2, 0.25) is 0 Å². The van der Waals surface area contributed by atoms with Crippen molar-refractivity contribution < 1.29 is 0 Å². The predicted octanol–water partition coefficient (Wildman–Crippen LogP) is 12.8. The largest absolute Gasteiger partial charge is 0.335 e. The third-order valence-electron chi connectivity index (χ3n) is 18.1. The van der Waals surface area contributed by atoms with E-state index in [1.54, 1.807) is 5.56 Å². The van der Waals surface area contributed by atoms with Crippen molar-refractivity contribution >= 4 is 67.7 Å². The van der Waals surface area contributed by atoms with Crippen molar-refractivity contribution in [3.05, 3.63) is 179 Å². The normalized spacial score (nSPS) is 25.9. The summed E-state index contributed by atoms with van der Waals surface area (Å²) >= 11 is 0. The molecule has 0 spiro atoms. The van der Waals surface area contributed by atoms with E-state index in [-0.39, 0.29) is 34.0 Å². The first-order valence-electron chi connectivity index (χ1n) is 24.3. The molecule has 0 saturated heterocycles. The van der Waals surface area contributed by atoms with Crippen molar-refractivity contribution in [1.82, 2.24) is 4.57 Å². The van der Waals surface area contributed by atoms with Gasteiger partial charge < -0.3 is 14.4 Å². The SMILES string of the molecule is CC(C)(C)c1cc2c3c(c1)C1(c4ccccc4)CCCCC1(C)N3c1cc(N3c4ccccc4C4(c5ccccc5)CCCCC34C)cc3c1B2c1cccc2c4ccccc4n-3c12. The van der Waals surface area contributed by atoms with Gasteiger partial charge in [0.2, 0.25) is 0 Å². The first-order valence-corrected chi connectivity index (χ1v) is 24.3. The Bertz CT molecular complexity index is 3290. The Labute approximate surface area is 378 Å². The molecule has 4 atom stereocenters. The molecule has 2 saturated carbocycles. The zero-order valence-corrected chi connectivity index (χ0v) is 38.0. The molecule has 4 unspecified atom stereocenters. The second kappa shape index (κ2) is 12.4. The summed E-state index contributed by atoms with van der Waals surface area (Å²) in [7, 11) is 0. The molecule has 14 rings (SSSR count). The minimum Gasteiger partial charge on any atom is -0.335 e. The first-order chi connectivity index (χ1) is 31.1. The van der Waals surface area contributed by atoms with E-state index in [0.717, 1.165) is 25.7 Å². The molecule has 6 aliphatic rings. The Hall–Kier alpha value is -6.00. The molecule has 4 aliphatic heterocycles. The van der Waals surface area contributed by atoms with E-state index in [9.17, 15) is 0 Å². The van der Waals surface area contributed by atoms with Crippen molar-refractivity contribution in [1.29, 1.82) is 0 Å². The van der Waals surface area contributed by atoms with Gasteiger partial charge >= 0.3 is 0 Å². The van der Waals surface area contributed by atoms with E-state index in [2.05, 4.69) is 201 Å². The lowest BCUT2D eigenvalue weighted by molar-refractivity contribution is 0.214. The summed E-state index contributed by atoms with van der Waals surface area (Å²) in [4.78, 5) is 5.81. The molecule has 0 bridgehead atoms. The zero-order valence-electron chi connectivity index (χ0n) is 38.0. The lowest BCUT2D eigenvalue weighted by Crippen LogP contribution is -2.64. The van der Waals surface area contributed by atoms with E-state index < -0.39 is 0 Å². The highest BCUT2D eigenvalue weighted by Crippen LogP contribution is 2.67. The van der Waals surface area contributed by atoms with Gasteiger partial charge in [0.25, 0.3) is 6.71 Å². The van der Waals surface area contributed by atoms with Gasteiger partial charge in [0.05, 0.1) is 16.6 Å². The van der Waals surface area contributed by atoms with Gasteiger partial charge in [-0.2, -0.15) is 0 Å². The Kier molecular flexibility index (Phi) is 7.25. The van der Waals surface area contributed by atoms with E-state index in [4.69, 9.17) is 0 Å². The minimum absolute atomic E-state index is 0.0196. The Morgan fingerprint density at radius 3 is 1.81 bits per heavy atom. The molecule has 64 heavy (non-hydrogen) atoms. The highest BCUT2D eigenvalue weighted by atomic mass is 15.3. The number of aromatic nitrogens is 1. The summed E-state index contributed by atoms with van der Waals surface area (Å²) in [5, 5.41) is 2.69. The molecule has 2 aliphatic carbocycles. The topological polar surface area (TPSA) is 11.4 Å². The van der Waals surface area contributed by atoms with E-state index >= 15 is 0 Å². The van der Waals surface area contributed by atoms with Crippen LogP contribution < -0.4 is 26.2 Å². The van der Waals surface area contributed by atoms with Gasteiger partial charge in [-0.15, -0.1) is 0 Å². The molecule has 0 amide bonds. The summed E-state index contributed by atoms with van der Waals surface area (Å²) in [5.74, 6) is 0. The highest BCUT2D eigenvalue weighted by molar-refractivity contribution is 7.00. The highest BCUT2D eigenvalue weighted by Gasteiger charge is 2.65. The summed E-state index contributed by atoms with van der Waals surface area (Å²) in [6, 6.07) is 59.9. The van der Waals surface area contributed by atoms with E-state index in [1.807, 2.05) is 0 Å². The third-order valence-corrected chi connectivity index (χ3v) is 18.1. The van der Waals surface area contributed by atoms with Crippen LogP contribution in [0.25, 0.3) is 27.5 Å². The fourth-order valence-electron chi connectivity index (χ4n) is 15.5. The number of hydrogen-bond acceptors (Lipinski definition) is 2. The van der Waals surface area contributed by atoms with Crippen LogP contribution in [0.15, 0.2) is 152 Å². The number of anilines is 4. The second-order valence-corrected chi connectivity index (χ2v) is 21.8. The average molecular weight is 830 g/mol. The fraction of sp³-hybridized carbons (Fsp3) is 0.300. The maximum Gasteiger partial charge on any atom is 0.252 e. The molecule has 2 fully saturated rings. The van der Waals surface area contributed by atoms with Crippen LogP contribution in [0, 0.1) is 0 Å². The van der Waals surface area contributed by atoms with Gasteiger partial charge in [-0.25, -0.2) is 0 Å². The predicted molar refractivity (Wildman–Crippen MR) is 269 cm³/mol. The number of hydrogen-bond donors (Lipinski definition) is 0. The van der Waals surface area contributed by atoms with Gasteiger partial charge in [-0.3, -0.25) is 0 Å². The maximum absolute atomic E-state index is 2.96. The van der Waals surface area contributed by atoms with E-state index in [0.29, 0.717) is 0 Å². The van der Waals surface area contributed by atoms with Crippen LogP contribution in [0.5, 0.6) is 0 Å². The minimum atomic E-state index is -0.186. The summed E-state index contributed by atoms with van der Waals surface area (Å²) in [6.45, 7) is 12.6. The zero-order chi connectivity index (χ0) is 43.0. The Morgan fingerprint density at radius 2 is 1.09 bits per heavy atom. The number of fused-ring (bicyclic) bond motifs is 13. The van der Waals surface area contributed by atoms with Gasteiger partial charge in [0.15, 0.2) is 0 Å².